The van der Waals surface area contributed by atoms with Crippen molar-refractivity contribution >= 4 is 62.6 Å². The highest BCUT2D eigenvalue weighted by Gasteiger charge is 2.38. The van der Waals surface area contributed by atoms with Gasteiger partial charge in [-0.1, -0.05) is 12.5 Å². The maximum Gasteiger partial charge on any atom is 0.490 e. The number of hydrogen-bond acceptors (Lipinski definition) is 7. The zero-order valence-corrected chi connectivity index (χ0v) is 28.5. The first kappa shape index (κ1) is 37.3. The summed E-state index contributed by atoms with van der Waals surface area (Å²) >= 11 is 2.00. The number of aromatic nitrogens is 3. The van der Waals surface area contributed by atoms with Crippen molar-refractivity contribution in [1.29, 1.82) is 0 Å². The lowest BCUT2D eigenvalue weighted by Crippen LogP contribution is -2.41. The van der Waals surface area contributed by atoms with Crippen molar-refractivity contribution in [2.45, 2.75) is 57.7 Å². The Kier molecular flexibility index (Phi) is 11.7. The minimum atomic E-state index is -5.08. The van der Waals surface area contributed by atoms with Crippen molar-refractivity contribution in [3.05, 3.63) is 88.6 Å². The van der Waals surface area contributed by atoms with Gasteiger partial charge in [0.15, 0.2) is 0 Å². The van der Waals surface area contributed by atoms with E-state index in [2.05, 4.69) is 10.6 Å². The van der Waals surface area contributed by atoms with E-state index in [9.17, 15) is 36.7 Å². The van der Waals surface area contributed by atoms with Crippen molar-refractivity contribution < 1.29 is 32.3 Å². The highest BCUT2D eigenvalue weighted by atomic mass is 127. The first-order valence-corrected chi connectivity index (χ1v) is 16.2. The summed E-state index contributed by atoms with van der Waals surface area (Å²) < 4.78 is 51.2. The third kappa shape index (κ3) is 8.56. The molecule has 12 nitrogen and oxygen atoms in total. The maximum absolute atomic E-state index is 14.9. The average Bonchev–Trinajstić information content (AvgIpc) is 3.87. The average molecular weight is 801 g/mol. The molecule has 2 aromatic heterocycles. The van der Waals surface area contributed by atoms with Crippen LogP contribution >= 0.6 is 22.6 Å². The summed E-state index contributed by atoms with van der Waals surface area (Å²) in [4.78, 5) is 62.9. The van der Waals surface area contributed by atoms with Gasteiger partial charge >= 0.3 is 17.8 Å². The van der Waals surface area contributed by atoms with Gasteiger partial charge in [-0.05, 0) is 98.1 Å². The number of nitrogens with zero attached hydrogens (tertiary/aromatic N) is 3. The molecule has 0 saturated heterocycles. The molecular formula is C32H33F4IN6O6. The molecule has 1 amide bonds. The van der Waals surface area contributed by atoms with Crippen molar-refractivity contribution in [1.82, 2.24) is 13.7 Å². The number of halogens is 5. The number of pyridine rings is 1. The SMILES string of the molecule is Cc1c(=O)n(C)c(Nc2ccc(I)cc2F)c2c(=O)n(C3CC3)c(=O)n(-c3cccc(NC(=O)CCCCCN)c3)c12.O=C(O)C(F)(F)F. The lowest BCUT2D eigenvalue weighted by atomic mass is 10.1. The Morgan fingerprint density at radius 1 is 1.04 bits per heavy atom. The van der Waals surface area contributed by atoms with Crippen molar-refractivity contribution in [3.8, 4) is 5.69 Å². The van der Waals surface area contributed by atoms with E-state index in [0.29, 0.717) is 47.2 Å². The van der Waals surface area contributed by atoms with Crippen LogP contribution in [0.15, 0.2) is 56.8 Å². The van der Waals surface area contributed by atoms with Crippen LogP contribution in [0.1, 0.15) is 50.1 Å². The standard InChI is InChI=1S/C30H32FIN6O4.C2HF3O2/c1-17-26-25(27(36(2)28(17)40)35-23-13-10-18(32)15-22(23)31)29(41)38(20-11-12-20)30(42)37(26)21-8-6-7-19(16-21)34-24(39)9-4-3-5-14-33;3-2(4,5)1(6)7/h6-8,10,13,15-16,20,35H,3-5,9,11-12,14,33H2,1-2H3,(H,34,39);(H,6,7). The Balaban J connectivity index is 0.000000698. The number of unbranched alkanes of at least 4 members (excludes halogenated alkanes) is 2. The number of nitrogens with one attached hydrogen (secondary N) is 2. The number of rotatable bonds is 10. The molecule has 262 valence electrons. The largest absolute Gasteiger partial charge is 0.490 e. The van der Waals surface area contributed by atoms with Gasteiger partial charge in [0.05, 0.1) is 16.9 Å². The highest BCUT2D eigenvalue weighted by molar-refractivity contribution is 14.1. The van der Waals surface area contributed by atoms with E-state index in [1.54, 1.807) is 37.3 Å². The quantitative estimate of drug-likeness (QED) is 0.0979. The van der Waals surface area contributed by atoms with E-state index in [1.807, 2.05) is 22.6 Å². The zero-order valence-electron chi connectivity index (χ0n) is 26.4. The van der Waals surface area contributed by atoms with E-state index >= 15 is 0 Å². The van der Waals surface area contributed by atoms with E-state index in [0.717, 1.165) is 12.8 Å². The van der Waals surface area contributed by atoms with Crippen LogP contribution in [-0.4, -0.2) is 43.4 Å². The number of aliphatic carboxylic acids is 1. The molecular weight excluding hydrogens is 767 g/mol. The number of hydrogen-bond donors (Lipinski definition) is 4. The van der Waals surface area contributed by atoms with E-state index in [-0.39, 0.29) is 39.9 Å². The molecule has 0 aliphatic heterocycles. The summed E-state index contributed by atoms with van der Waals surface area (Å²) in [7, 11) is 1.50. The van der Waals surface area contributed by atoms with Crippen molar-refractivity contribution in [2.24, 2.45) is 12.8 Å². The van der Waals surface area contributed by atoms with Crippen LogP contribution in [0.3, 0.4) is 0 Å². The van der Waals surface area contributed by atoms with Crippen molar-refractivity contribution in [3.63, 3.8) is 0 Å². The van der Waals surface area contributed by atoms with Gasteiger partial charge in [0, 0.05) is 34.3 Å². The monoisotopic (exact) mass is 800 g/mol. The number of carboxylic acid groups (broad SMARTS) is 1. The number of carbonyl (C=O) groups excluding carboxylic acids is 1. The predicted octanol–water partition coefficient (Wildman–Crippen LogP) is 5.07. The number of carboxylic acids is 1. The molecule has 4 aromatic rings. The molecule has 5 rings (SSSR count). The fraction of sp³-hybridized carbons (Fsp3) is 0.344. The maximum atomic E-state index is 14.9. The first-order valence-electron chi connectivity index (χ1n) is 15.1. The van der Waals surface area contributed by atoms with Crippen LogP contribution < -0.4 is 33.2 Å². The summed E-state index contributed by atoms with van der Waals surface area (Å²) in [6.45, 7) is 2.14. The number of carbonyl (C=O) groups is 2. The molecule has 0 atom stereocenters. The normalized spacial score (nSPS) is 12.7. The van der Waals surface area contributed by atoms with Crippen LogP contribution in [-0.2, 0) is 16.6 Å². The van der Waals surface area contributed by atoms with Crippen molar-refractivity contribution in [2.75, 3.05) is 17.2 Å². The molecule has 5 N–H and O–H groups in total. The molecule has 0 spiro atoms. The second-order valence-electron chi connectivity index (χ2n) is 11.3. The van der Waals surface area contributed by atoms with Gasteiger partial charge in [0.1, 0.15) is 17.0 Å². The highest BCUT2D eigenvalue weighted by Crippen LogP contribution is 2.34. The molecule has 1 saturated carbocycles. The van der Waals surface area contributed by atoms with Crippen LogP contribution in [0.4, 0.5) is 34.8 Å². The minimum Gasteiger partial charge on any atom is -0.475 e. The topological polar surface area (TPSA) is 170 Å². The van der Waals surface area contributed by atoms with Crippen LogP contribution in [0.2, 0.25) is 0 Å². The predicted molar refractivity (Wildman–Crippen MR) is 184 cm³/mol. The van der Waals surface area contributed by atoms with Gasteiger partial charge in [0.25, 0.3) is 11.1 Å². The molecule has 49 heavy (non-hydrogen) atoms. The Hall–Kier alpha value is -4.52. The summed E-state index contributed by atoms with van der Waals surface area (Å²) in [5.41, 5.74) is 5.20. The molecule has 1 fully saturated rings. The summed E-state index contributed by atoms with van der Waals surface area (Å²) in [5.74, 6) is -3.39. The van der Waals surface area contributed by atoms with E-state index in [4.69, 9.17) is 15.6 Å². The van der Waals surface area contributed by atoms with E-state index < -0.39 is 34.8 Å². The number of aryl methyl sites for hydroxylation is 1. The number of alkyl halides is 3. The van der Waals surface area contributed by atoms with Gasteiger partial charge in [-0.3, -0.25) is 28.1 Å². The lowest BCUT2D eigenvalue weighted by molar-refractivity contribution is -0.192. The third-order valence-electron chi connectivity index (χ3n) is 7.68. The second-order valence-corrected chi connectivity index (χ2v) is 12.6. The number of amides is 1. The fourth-order valence-electron chi connectivity index (χ4n) is 5.13. The summed E-state index contributed by atoms with van der Waals surface area (Å²) in [5, 5.41) is 13.1. The van der Waals surface area contributed by atoms with Crippen LogP contribution in [0, 0.1) is 16.3 Å². The Bertz CT molecular complexity index is 2090. The van der Waals surface area contributed by atoms with Gasteiger partial charge in [-0.15, -0.1) is 0 Å². The third-order valence-corrected chi connectivity index (χ3v) is 8.35. The summed E-state index contributed by atoms with van der Waals surface area (Å²) in [6, 6.07) is 11.0. The van der Waals surface area contributed by atoms with Crippen LogP contribution in [0.25, 0.3) is 16.6 Å². The van der Waals surface area contributed by atoms with E-state index in [1.165, 1.54) is 32.9 Å². The Morgan fingerprint density at radius 3 is 2.31 bits per heavy atom. The summed E-state index contributed by atoms with van der Waals surface area (Å²) in [6.07, 6.45) is -1.01. The Labute approximate surface area is 289 Å². The lowest BCUT2D eigenvalue weighted by Gasteiger charge is -2.21. The molecule has 0 unspecified atom stereocenters. The number of nitrogens with two attached hydrogens (primary N) is 1. The van der Waals surface area contributed by atoms with Gasteiger partial charge in [-0.2, -0.15) is 13.2 Å². The Morgan fingerprint density at radius 2 is 1.71 bits per heavy atom. The smallest absolute Gasteiger partial charge is 0.475 e. The molecule has 1 aliphatic rings. The minimum absolute atomic E-state index is 0.0794. The van der Waals surface area contributed by atoms with Gasteiger partial charge in [0.2, 0.25) is 5.91 Å². The second kappa shape index (κ2) is 15.4. The zero-order chi connectivity index (χ0) is 36.2. The molecule has 17 heteroatoms. The fourth-order valence-corrected chi connectivity index (χ4v) is 5.58. The molecule has 2 heterocycles. The molecule has 0 bridgehead atoms. The number of anilines is 3. The van der Waals surface area contributed by atoms with Crippen LogP contribution in [0.5, 0.6) is 0 Å². The molecule has 1 aliphatic carbocycles. The number of benzene rings is 2. The number of fused-ring (bicyclic) bond motifs is 1. The van der Waals surface area contributed by atoms with Gasteiger partial charge < -0.3 is 21.5 Å². The van der Waals surface area contributed by atoms with Gasteiger partial charge in [-0.25, -0.2) is 14.0 Å². The molecule has 2 aromatic carbocycles. The first-order chi connectivity index (χ1) is 23.1. The molecule has 0 radical (unpaired) electrons.